The predicted molar refractivity (Wildman–Crippen MR) is 58.5 cm³/mol. The van der Waals surface area contributed by atoms with Crippen LogP contribution in [0.4, 0.5) is 0 Å². The van der Waals surface area contributed by atoms with Crippen LogP contribution in [0.25, 0.3) is 0 Å². The van der Waals surface area contributed by atoms with Gasteiger partial charge in [-0.05, 0) is 19.3 Å². The van der Waals surface area contributed by atoms with Crippen LogP contribution >= 0.6 is 0 Å². The number of aromatic nitrogens is 2. The van der Waals surface area contributed by atoms with Crippen molar-refractivity contribution in [2.45, 2.75) is 31.8 Å². The molecule has 84 valence electrons. The largest absolute Gasteiger partial charge is 0.395 e. The first-order chi connectivity index (χ1) is 7.40. The average molecular weight is 209 g/mol. The highest BCUT2D eigenvalue weighted by atomic mass is 16.3. The highest BCUT2D eigenvalue weighted by Crippen LogP contribution is 2.26. The first-order valence-corrected chi connectivity index (χ1v) is 5.71. The van der Waals surface area contributed by atoms with Crippen LogP contribution in [0.1, 0.15) is 19.3 Å². The zero-order valence-corrected chi connectivity index (χ0v) is 9.05. The Kier molecular flexibility index (Phi) is 3.75. The summed E-state index contributed by atoms with van der Waals surface area (Å²) >= 11 is 0. The summed E-state index contributed by atoms with van der Waals surface area (Å²) < 4.78 is 2.10. The van der Waals surface area contributed by atoms with Crippen LogP contribution in [0.15, 0.2) is 18.7 Å². The van der Waals surface area contributed by atoms with E-state index in [1.165, 1.54) is 12.8 Å². The number of aliphatic hydroxyl groups is 1. The highest BCUT2D eigenvalue weighted by Gasteiger charge is 2.27. The molecular weight excluding hydrogens is 190 g/mol. The van der Waals surface area contributed by atoms with Crippen LogP contribution in [-0.4, -0.2) is 45.3 Å². The lowest BCUT2D eigenvalue weighted by Gasteiger charge is -2.20. The first kappa shape index (κ1) is 10.6. The topological polar surface area (TPSA) is 41.3 Å². The minimum Gasteiger partial charge on any atom is -0.395 e. The van der Waals surface area contributed by atoms with Gasteiger partial charge in [0.05, 0.1) is 12.9 Å². The van der Waals surface area contributed by atoms with E-state index < -0.39 is 0 Å². The zero-order valence-electron chi connectivity index (χ0n) is 9.05. The maximum absolute atomic E-state index is 8.94. The van der Waals surface area contributed by atoms with E-state index in [2.05, 4.69) is 14.5 Å². The van der Waals surface area contributed by atoms with Crippen molar-refractivity contribution in [3.63, 3.8) is 0 Å². The lowest BCUT2D eigenvalue weighted by Crippen LogP contribution is -2.30. The number of rotatable bonds is 7. The van der Waals surface area contributed by atoms with E-state index in [1.807, 2.05) is 18.7 Å². The van der Waals surface area contributed by atoms with Crippen molar-refractivity contribution in [3.05, 3.63) is 18.7 Å². The molecule has 1 aliphatic carbocycles. The van der Waals surface area contributed by atoms with Crippen molar-refractivity contribution < 1.29 is 5.11 Å². The molecule has 0 saturated heterocycles. The molecule has 0 unspecified atom stereocenters. The number of nitrogens with zero attached hydrogens (tertiary/aromatic N) is 3. The van der Waals surface area contributed by atoms with Crippen molar-refractivity contribution in [1.29, 1.82) is 0 Å². The van der Waals surface area contributed by atoms with Crippen LogP contribution in [0.2, 0.25) is 0 Å². The monoisotopic (exact) mass is 209 g/mol. The van der Waals surface area contributed by atoms with Crippen molar-refractivity contribution in [3.8, 4) is 0 Å². The van der Waals surface area contributed by atoms with Gasteiger partial charge < -0.3 is 9.67 Å². The SMILES string of the molecule is OCCN(CCCn1ccnc1)C1CC1. The second-order valence-electron chi connectivity index (χ2n) is 4.14. The number of aliphatic hydroxyl groups excluding tert-OH is 1. The first-order valence-electron chi connectivity index (χ1n) is 5.71. The van der Waals surface area contributed by atoms with Gasteiger partial charge in [-0.1, -0.05) is 0 Å². The summed E-state index contributed by atoms with van der Waals surface area (Å²) in [6.07, 6.45) is 9.41. The average Bonchev–Trinajstić information content (AvgIpc) is 2.96. The van der Waals surface area contributed by atoms with Crippen LogP contribution < -0.4 is 0 Å². The highest BCUT2D eigenvalue weighted by molar-refractivity contribution is 4.84. The lowest BCUT2D eigenvalue weighted by molar-refractivity contribution is 0.186. The molecule has 0 amide bonds. The molecule has 1 aromatic rings. The Morgan fingerprint density at radius 2 is 2.27 bits per heavy atom. The molecule has 1 saturated carbocycles. The maximum atomic E-state index is 8.94. The summed E-state index contributed by atoms with van der Waals surface area (Å²) in [7, 11) is 0. The zero-order chi connectivity index (χ0) is 10.5. The molecule has 0 bridgehead atoms. The fourth-order valence-electron chi connectivity index (χ4n) is 1.92. The molecule has 2 rings (SSSR count). The Bertz CT molecular complexity index is 269. The second kappa shape index (κ2) is 5.28. The van der Waals surface area contributed by atoms with Crippen molar-refractivity contribution in [1.82, 2.24) is 14.5 Å². The van der Waals surface area contributed by atoms with Crippen LogP contribution in [-0.2, 0) is 6.54 Å². The Balaban J connectivity index is 1.66. The van der Waals surface area contributed by atoms with Gasteiger partial charge in [-0.3, -0.25) is 4.90 Å². The maximum Gasteiger partial charge on any atom is 0.0945 e. The normalized spacial score (nSPS) is 16.1. The molecule has 4 nitrogen and oxygen atoms in total. The van der Waals surface area contributed by atoms with Crippen LogP contribution in [0.5, 0.6) is 0 Å². The molecule has 1 aliphatic rings. The Morgan fingerprint density at radius 3 is 2.87 bits per heavy atom. The van der Waals surface area contributed by atoms with E-state index in [1.54, 1.807) is 0 Å². The summed E-state index contributed by atoms with van der Waals surface area (Å²) in [5.74, 6) is 0. The minimum atomic E-state index is 0.279. The summed E-state index contributed by atoms with van der Waals surface area (Å²) in [5.41, 5.74) is 0. The van der Waals surface area contributed by atoms with Gasteiger partial charge in [0.25, 0.3) is 0 Å². The third-order valence-electron chi connectivity index (χ3n) is 2.87. The number of imidazole rings is 1. The van der Waals surface area contributed by atoms with E-state index in [4.69, 9.17) is 5.11 Å². The Hall–Kier alpha value is -0.870. The third-order valence-corrected chi connectivity index (χ3v) is 2.87. The van der Waals surface area contributed by atoms with Gasteiger partial charge in [0.2, 0.25) is 0 Å². The Morgan fingerprint density at radius 1 is 1.40 bits per heavy atom. The fourth-order valence-corrected chi connectivity index (χ4v) is 1.92. The number of hydrogen-bond acceptors (Lipinski definition) is 3. The minimum absolute atomic E-state index is 0.279. The number of aryl methyl sites for hydroxylation is 1. The van der Waals surface area contributed by atoms with E-state index in [-0.39, 0.29) is 6.61 Å². The van der Waals surface area contributed by atoms with E-state index in [9.17, 15) is 0 Å². The second-order valence-corrected chi connectivity index (χ2v) is 4.14. The third kappa shape index (κ3) is 3.32. The molecular formula is C11H19N3O. The molecule has 1 N–H and O–H groups in total. The summed E-state index contributed by atoms with van der Waals surface area (Å²) in [5, 5.41) is 8.94. The van der Waals surface area contributed by atoms with Gasteiger partial charge in [-0.15, -0.1) is 0 Å². The smallest absolute Gasteiger partial charge is 0.0945 e. The van der Waals surface area contributed by atoms with Gasteiger partial charge in [0.15, 0.2) is 0 Å². The quantitative estimate of drug-likeness (QED) is 0.720. The Labute approximate surface area is 90.5 Å². The fraction of sp³-hybridized carbons (Fsp3) is 0.727. The van der Waals surface area contributed by atoms with Gasteiger partial charge in [-0.25, -0.2) is 4.98 Å². The molecule has 0 radical (unpaired) electrons. The molecule has 15 heavy (non-hydrogen) atoms. The van der Waals surface area contributed by atoms with E-state index in [0.29, 0.717) is 0 Å². The van der Waals surface area contributed by atoms with Gasteiger partial charge in [0, 0.05) is 38.1 Å². The molecule has 1 fully saturated rings. The molecule has 0 atom stereocenters. The van der Waals surface area contributed by atoms with Gasteiger partial charge in [-0.2, -0.15) is 0 Å². The summed E-state index contributed by atoms with van der Waals surface area (Å²) in [4.78, 5) is 6.41. The summed E-state index contributed by atoms with van der Waals surface area (Å²) in [6.45, 7) is 3.22. The lowest BCUT2D eigenvalue weighted by atomic mass is 10.3. The van der Waals surface area contributed by atoms with Crippen molar-refractivity contribution in [2.75, 3.05) is 19.7 Å². The van der Waals surface area contributed by atoms with Crippen molar-refractivity contribution in [2.24, 2.45) is 0 Å². The van der Waals surface area contributed by atoms with E-state index >= 15 is 0 Å². The number of hydrogen-bond donors (Lipinski definition) is 1. The predicted octanol–water partition coefficient (Wildman–Crippen LogP) is 0.730. The van der Waals surface area contributed by atoms with Gasteiger partial charge >= 0.3 is 0 Å². The molecule has 1 aromatic heterocycles. The van der Waals surface area contributed by atoms with E-state index in [0.717, 1.165) is 32.1 Å². The molecule has 0 aliphatic heterocycles. The molecule has 4 heteroatoms. The standard InChI is InChI=1S/C11H19N3O/c15-9-8-14(11-2-3-11)6-1-5-13-7-4-12-10-13/h4,7,10-11,15H,1-3,5-6,8-9H2. The molecule has 0 aromatic carbocycles. The van der Waals surface area contributed by atoms with Crippen molar-refractivity contribution >= 4 is 0 Å². The van der Waals surface area contributed by atoms with Crippen LogP contribution in [0, 0.1) is 0 Å². The molecule has 0 spiro atoms. The van der Waals surface area contributed by atoms with Gasteiger partial charge in [0.1, 0.15) is 0 Å². The molecule has 1 heterocycles. The van der Waals surface area contributed by atoms with Crippen LogP contribution in [0.3, 0.4) is 0 Å². The summed E-state index contributed by atoms with van der Waals surface area (Å²) in [6, 6.07) is 0.750.